The summed E-state index contributed by atoms with van der Waals surface area (Å²) in [5.41, 5.74) is 7.84. The predicted molar refractivity (Wildman–Crippen MR) is 88.1 cm³/mol. The molecule has 21 heavy (non-hydrogen) atoms. The molecule has 0 radical (unpaired) electrons. The minimum absolute atomic E-state index is 0.396. The third kappa shape index (κ3) is 4.06. The van der Waals surface area contributed by atoms with Crippen molar-refractivity contribution in [3.63, 3.8) is 0 Å². The van der Waals surface area contributed by atoms with Gasteiger partial charge in [-0.1, -0.05) is 49.6 Å². The Hall–Kier alpha value is -0.900. The lowest BCUT2D eigenvalue weighted by atomic mass is 10.0. The molecule has 1 saturated carbocycles. The van der Waals surface area contributed by atoms with E-state index in [2.05, 4.69) is 40.1 Å². The lowest BCUT2D eigenvalue weighted by molar-refractivity contribution is 0.0777. The highest BCUT2D eigenvalue weighted by Crippen LogP contribution is 2.22. The van der Waals surface area contributed by atoms with E-state index >= 15 is 0 Å². The fourth-order valence-electron chi connectivity index (χ4n) is 3.86. The van der Waals surface area contributed by atoms with Crippen molar-refractivity contribution in [2.24, 2.45) is 5.73 Å². The van der Waals surface area contributed by atoms with Gasteiger partial charge in [-0.25, -0.2) is 0 Å². The molecule has 3 nitrogen and oxygen atoms in total. The highest BCUT2D eigenvalue weighted by atomic mass is 15.3. The first kappa shape index (κ1) is 15.0. The Labute approximate surface area is 129 Å². The Balaban J connectivity index is 1.50. The topological polar surface area (TPSA) is 32.5 Å². The van der Waals surface area contributed by atoms with Gasteiger partial charge in [0, 0.05) is 44.8 Å². The van der Waals surface area contributed by atoms with Crippen LogP contribution in [0.4, 0.5) is 0 Å². The van der Waals surface area contributed by atoms with Crippen LogP contribution in [0.15, 0.2) is 30.3 Å². The normalized spacial score (nSPS) is 29.2. The molecule has 2 unspecified atom stereocenters. The SMILES string of the molecule is NC1CCCCCC1N1CCN(Cc2ccccc2)CC1. The van der Waals surface area contributed by atoms with Crippen molar-refractivity contribution in [3.8, 4) is 0 Å². The van der Waals surface area contributed by atoms with E-state index in [1.54, 1.807) is 0 Å². The molecule has 2 atom stereocenters. The standard InChI is InChI=1S/C18H29N3/c19-17-9-5-2-6-10-18(17)21-13-11-20(12-14-21)15-16-7-3-1-4-8-16/h1,3-4,7-8,17-18H,2,5-6,9-15,19H2. The van der Waals surface area contributed by atoms with E-state index in [1.807, 2.05) is 0 Å². The van der Waals surface area contributed by atoms with Crippen molar-refractivity contribution in [3.05, 3.63) is 35.9 Å². The molecule has 3 rings (SSSR count). The number of hydrogen-bond acceptors (Lipinski definition) is 3. The molecule has 0 bridgehead atoms. The number of nitrogens with two attached hydrogens (primary N) is 1. The van der Waals surface area contributed by atoms with Gasteiger partial charge in [0.15, 0.2) is 0 Å². The van der Waals surface area contributed by atoms with Crippen LogP contribution in [0.2, 0.25) is 0 Å². The van der Waals surface area contributed by atoms with E-state index in [1.165, 1.54) is 63.8 Å². The quantitative estimate of drug-likeness (QED) is 0.867. The average molecular weight is 287 g/mol. The van der Waals surface area contributed by atoms with E-state index in [-0.39, 0.29) is 0 Å². The predicted octanol–water partition coefficient (Wildman–Crippen LogP) is 2.46. The summed E-state index contributed by atoms with van der Waals surface area (Å²) in [6.45, 7) is 5.82. The lowest BCUT2D eigenvalue weighted by Gasteiger charge is -2.41. The van der Waals surface area contributed by atoms with Gasteiger partial charge in [0.05, 0.1) is 0 Å². The number of benzene rings is 1. The van der Waals surface area contributed by atoms with Gasteiger partial charge in [-0.15, -0.1) is 0 Å². The van der Waals surface area contributed by atoms with E-state index in [0.717, 1.165) is 6.54 Å². The van der Waals surface area contributed by atoms with Crippen LogP contribution in [0.3, 0.4) is 0 Å². The zero-order valence-electron chi connectivity index (χ0n) is 13.1. The second-order valence-corrected chi connectivity index (χ2v) is 6.67. The second kappa shape index (κ2) is 7.39. The number of rotatable bonds is 3. The number of nitrogens with zero attached hydrogens (tertiary/aromatic N) is 2. The van der Waals surface area contributed by atoms with Crippen molar-refractivity contribution in [1.29, 1.82) is 0 Å². The summed E-state index contributed by atoms with van der Waals surface area (Å²) in [6, 6.07) is 11.8. The van der Waals surface area contributed by atoms with Crippen molar-refractivity contribution in [1.82, 2.24) is 9.80 Å². The first-order valence-electron chi connectivity index (χ1n) is 8.59. The second-order valence-electron chi connectivity index (χ2n) is 6.67. The van der Waals surface area contributed by atoms with Crippen molar-refractivity contribution in [2.45, 2.75) is 50.7 Å². The highest BCUT2D eigenvalue weighted by Gasteiger charge is 2.28. The summed E-state index contributed by atoms with van der Waals surface area (Å²) in [4.78, 5) is 5.24. The Kier molecular flexibility index (Phi) is 5.28. The average Bonchev–Trinajstić information content (AvgIpc) is 2.74. The van der Waals surface area contributed by atoms with Crippen LogP contribution in [-0.4, -0.2) is 48.1 Å². The highest BCUT2D eigenvalue weighted by molar-refractivity contribution is 5.14. The first-order chi connectivity index (χ1) is 10.3. The van der Waals surface area contributed by atoms with Crippen LogP contribution >= 0.6 is 0 Å². The monoisotopic (exact) mass is 287 g/mol. The summed E-state index contributed by atoms with van der Waals surface area (Å²) < 4.78 is 0. The van der Waals surface area contributed by atoms with Crippen molar-refractivity contribution in [2.75, 3.05) is 26.2 Å². The summed E-state index contributed by atoms with van der Waals surface area (Å²) >= 11 is 0. The van der Waals surface area contributed by atoms with Gasteiger partial charge in [0.2, 0.25) is 0 Å². The van der Waals surface area contributed by atoms with E-state index < -0.39 is 0 Å². The fraction of sp³-hybridized carbons (Fsp3) is 0.667. The molecule has 1 aromatic rings. The zero-order valence-corrected chi connectivity index (χ0v) is 13.1. The molecule has 0 amide bonds. The van der Waals surface area contributed by atoms with Gasteiger partial charge < -0.3 is 5.73 Å². The molecule has 1 saturated heterocycles. The summed E-state index contributed by atoms with van der Waals surface area (Å²) in [5.74, 6) is 0. The third-order valence-corrected chi connectivity index (χ3v) is 5.16. The Bertz CT molecular complexity index is 412. The molecule has 3 heteroatoms. The summed E-state index contributed by atoms with van der Waals surface area (Å²) in [7, 11) is 0. The Morgan fingerprint density at radius 1 is 0.905 bits per heavy atom. The van der Waals surface area contributed by atoms with Gasteiger partial charge in [-0.3, -0.25) is 9.80 Å². The zero-order chi connectivity index (χ0) is 14.5. The van der Waals surface area contributed by atoms with Gasteiger partial charge in [-0.2, -0.15) is 0 Å². The van der Waals surface area contributed by atoms with Crippen LogP contribution in [-0.2, 0) is 6.54 Å². The molecular formula is C18H29N3. The van der Waals surface area contributed by atoms with E-state index in [0.29, 0.717) is 12.1 Å². The van der Waals surface area contributed by atoms with Gasteiger partial charge in [0.25, 0.3) is 0 Å². The smallest absolute Gasteiger partial charge is 0.0248 e. The molecular weight excluding hydrogens is 258 g/mol. The van der Waals surface area contributed by atoms with Gasteiger partial charge in [0.1, 0.15) is 0 Å². The third-order valence-electron chi connectivity index (χ3n) is 5.16. The molecule has 1 aromatic carbocycles. The first-order valence-corrected chi connectivity index (χ1v) is 8.59. The molecule has 1 aliphatic heterocycles. The molecule has 2 N–H and O–H groups in total. The maximum Gasteiger partial charge on any atom is 0.0248 e. The molecule has 0 aromatic heterocycles. The van der Waals surface area contributed by atoms with Crippen LogP contribution in [0, 0.1) is 0 Å². The Morgan fingerprint density at radius 2 is 1.62 bits per heavy atom. The van der Waals surface area contributed by atoms with Gasteiger partial charge >= 0.3 is 0 Å². The van der Waals surface area contributed by atoms with Crippen molar-refractivity contribution >= 4 is 0 Å². The molecule has 2 fully saturated rings. The van der Waals surface area contributed by atoms with Crippen LogP contribution in [0.1, 0.15) is 37.7 Å². The van der Waals surface area contributed by atoms with Crippen LogP contribution in [0.5, 0.6) is 0 Å². The summed E-state index contributed by atoms with van der Waals surface area (Å²) in [5, 5.41) is 0. The molecule has 1 aliphatic carbocycles. The van der Waals surface area contributed by atoms with Gasteiger partial charge in [-0.05, 0) is 18.4 Å². The Morgan fingerprint density at radius 3 is 2.38 bits per heavy atom. The van der Waals surface area contributed by atoms with Crippen LogP contribution < -0.4 is 5.73 Å². The molecule has 2 aliphatic rings. The van der Waals surface area contributed by atoms with Crippen LogP contribution in [0.25, 0.3) is 0 Å². The molecule has 1 heterocycles. The largest absolute Gasteiger partial charge is 0.326 e. The maximum atomic E-state index is 6.41. The van der Waals surface area contributed by atoms with Crippen molar-refractivity contribution < 1.29 is 0 Å². The van der Waals surface area contributed by atoms with E-state index in [4.69, 9.17) is 5.73 Å². The van der Waals surface area contributed by atoms with E-state index in [9.17, 15) is 0 Å². The maximum absolute atomic E-state index is 6.41. The fourth-order valence-corrected chi connectivity index (χ4v) is 3.86. The molecule has 0 spiro atoms. The molecule has 116 valence electrons. The minimum Gasteiger partial charge on any atom is -0.326 e. The lowest BCUT2D eigenvalue weighted by Crippen LogP contribution is -2.55. The number of piperazine rings is 1. The number of hydrogen-bond donors (Lipinski definition) is 1. The minimum atomic E-state index is 0.396. The summed E-state index contributed by atoms with van der Waals surface area (Å²) in [6.07, 6.45) is 6.58.